The molecule has 206 valence electrons. The molecule has 2 heterocycles. The van der Waals surface area contributed by atoms with Crippen LogP contribution in [0.4, 0.5) is 24.8 Å². The zero-order chi connectivity index (χ0) is 28.4. The van der Waals surface area contributed by atoms with E-state index in [4.69, 9.17) is 21.3 Å². The highest BCUT2D eigenvalue weighted by Crippen LogP contribution is 2.30. The highest BCUT2D eigenvalue weighted by atomic mass is 35.5. The van der Waals surface area contributed by atoms with Crippen LogP contribution in [0.2, 0.25) is 5.02 Å². The lowest BCUT2D eigenvalue weighted by Gasteiger charge is -2.09. The molecule has 0 aliphatic heterocycles. The number of rotatable bonds is 7. The summed E-state index contributed by atoms with van der Waals surface area (Å²) < 4.78 is 50.9. The normalized spacial score (nSPS) is 12.1. The Morgan fingerprint density at radius 3 is 2.48 bits per heavy atom. The number of H-pyrrole nitrogens is 1. The van der Waals surface area contributed by atoms with E-state index in [-0.39, 0.29) is 11.7 Å². The average molecular weight is 573 g/mol. The number of carbonyl (C=O) groups excluding carboxylic acids is 1. The van der Waals surface area contributed by atoms with Crippen molar-refractivity contribution in [3.8, 4) is 11.5 Å². The molecule has 11 nitrogen and oxygen atoms in total. The minimum Gasteiger partial charge on any atom is -0.494 e. The summed E-state index contributed by atoms with van der Waals surface area (Å²) in [5, 5.41) is 15.9. The van der Waals surface area contributed by atoms with E-state index in [1.54, 1.807) is 48.0 Å². The summed E-state index contributed by atoms with van der Waals surface area (Å²) in [4.78, 5) is 17.2. The lowest BCUT2D eigenvalue weighted by Crippen LogP contribution is -2.24. The largest absolute Gasteiger partial charge is 0.573 e. The predicted octanol–water partition coefficient (Wildman–Crippen LogP) is 4.59. The fraction of sp³-hybridized carbons (Fsp3) is 0.160. The molecule has 1 amide bonds. The van der Waals surface area contributed by atoms with Crippen molar-refractivity contribution in [3.63, 3.8) is 0 Å². The van der Waals surface area contributed by atoms with Gasteiger partial charge in [0.25, 0.3) is 5.91 Å². The molecule has 2 aromatic heterocycles. The first-order valence-corrected chi connectivity index (χ1v) is 12.0. The number of tetrazole rings is 1. The maximum absolute atomic E-state index is 12.6. The third-order valence-corrected chi connectivity index (χ3v) is 6.06. The van der Waals surface area contributed by atoms with Gasteiger partial charge < -0.3 is 18.6 Å². The Kier molecular flexibility index (Phi) is 7.17. The van der Waals surface area contributed by atoms with Crippen LogP contribution < -0.4 is 20.4 Å². The van der Waals surface area contributed by atoms with Crippen molar-refractivity contribution in [2.45, 2.75) is 12.9 Å². The second-order valence-corrected chi connectivity index (χ2v) is 8.91. The van der Waals surface area contributed by atoms with Crippen molar-refractivity contribution in [3.05, 3.63) is 82.4 Å². The highest BCUT2D eigenvalue weighted by molar-refractivity contribution is 6.31. The summed E-state index contributed by atoms with van der Waals surface area (Å²) in [6.07, 6.45) is -4.79. The van der Waals surface area contributed by atoms with E-state index in [9.17, 15) is 18.0 Å². The van der Waals surface area contributed by atoms with Crippen molar-refractivity contribution in [2.24, 2.45) is 12.0 Å². The number of carbonyl (C=O) groups is 1. The Bertz CT molecular complexity index is 1730. The molecule has 5 rings (SSSR count). The maximum atomic E-state index is 12.6. The van der Waals surface area contributed by atoms with Gasteiger partial charge in [-0.2, -0.15) is 0 Å². The number of fused-ring (bicyclic) bond motifs is 1. The van der Waals surface area contributed by atoms with E-state index in [0.717, 1.165) is 5.56 Å². The number of aromatic nitrogens is 6. The van der Waals surface area contributed by atoms with Gasteiger partial charge in [0.2, 0.25) is 11.6 Å². The Morgan fingerprint density at radius 1 is 1.12 bits per heavy atom. The topological polar surface area (TPSA) is 124 Å². The van der Waals surface area contributed by atoms with Crippen molar-refractivity contribution >= 4 is 40.2 Å². The van der Waals surface area contributed by atoms with Gasteiger partial charge in [-0.3, -0.25) is 10.1 Å². The summed E-state index contributed by atoms with van der Waals surface area (Å²) in [7, 11) is 3.32. The number of hydrogen-bond donors (Lipinski definition) is 2. The molecular weight excluding hydrogens is 553 g/mol. The minimum absolute atomic E-state index is 0.121. The average Bonchev–Trinajstić information content (AvgIpc) is 3.51. The number of anilines is 1. The second-order valence-electron chi connectivity index (χ2n) is 8.48. The molecule has 0 saturated heterocycles. The van der Waals surface area contributed by atoms with Crippen LogP contribution in [0.15, 0.2) is 65.7 Å². The smallest absolute Gasteiger partial charge is 0.494 e. The second kappa shape index (κ2) is 10.7. The van der Waals surface area contributed by atoms with E-state index in [1.165, 1.54) is 31.4 Å². The number of methoxy groups -OCH3 is 1. The minimum atomic E-state index is -4.79. The number of alkyl halides is 3. The first-order valence-electron chi connectivity index (χ1n) is 11.6. The molecule has 0 unspecified atom stereocenters. The molecule has 40 heavy (non-hydrogen) atoms. The Morgan fingerprint density at radius 2 is 1.85 bits per heavy atom. The number of amides is 1. The zero-order valence-corrected chi connectivity index (χ0v) is 21.7. The lowest BCUT2D eigenvalue weighted by atomic mass is 10.1. The molecule has 0 aliphatic rings. The number of hydrogen-bond acceptors (Lipinski definition) is 7. The zero-order valence-electron chi connectivity index (χ0n) is 20.9. The summed E-state index contributed by atoms with van der Waals surface area (Å²) in [5.41, 5.74) is 3.51. The van der Waals surface area contributed by atoms with E-state index in [1.807, 2.05) is 4.57 Å². The van der Waals surface area contributed by atoms with Crippen molar-refractivity contribution in [1.82, 2.24) is 29.8 Å². The van der Waals surface area contributed by atoms with Crippen LogP contribution >= 0.6 is 11.6 Å². The van der Waals surface area contributed by atoms with Crippen LogP contribution in [0.3, 0.4) is 0 Å². The summed E-state index contributed by atoms with van der Waals surface area (Å²) in [6.45, 7) is 0.322. The molecule has 15 heteroatoms. The monoisotopic (exact) mass is 572 g/mol. The molecular formula is C25H20ClF3N8O3. The van der Waals surface area contributed by atoms with Gasteiger partial charge in [0, 0.05) is 23.7 Å². The number of aryl methyl sites for hydroxylation is 1. The quantitative estimate of drug-likeness (QED) is 0.294. The van der Waals surface area contributed by atoms with Gasteiger partial charge in [-0.1, -0.05) is 28.8 Å². The van der Waals surface area contributed by atoms with Crippen molar-refractivity contribution in [2.75, 3.05) is 12.4 Å². The molecule has 0 aliphatic carbocycles. The summed E-state index contributed by atoms with van der Waals surface area (Å²) >= 11 is 6.38. The molecule has 5 aromatic rings. The molecule has 0 fully saturated rings. The van der Waals surface area contributed by atoms with Crippen LogP contribution in [0.25, 0.3) is 11.0 Å². The summed E-state index contributed by atoms with van der Waals surface area (Å²) in [5.74, 6) is -0.111. The standard InChI is InChI=1S/C25H20ClF3N8O3/c1-36-21-19(11-16(26)12-20(21)39-2)37(24(36)30-17-7-9-18(10-8-17)40-25(27,28)29)13-14-3-5-15(6-4-14)22(38)31-23-32-34-35-33-23/h3-12H,13H2,1-2H3,(H2,31,32,33,34,35,38)/b30-24+. The number of imidazole rings is 1. The van der Waals surface area contributed by atoms with Gasteiger partial charge in [0.05, 0.1) is 24.9 Å². The Labute approximate surface area is 228 Å². The van der Waals surface area contributed by atoms with Crippen LogP contribution in [0.5, 0.6) is 11.5 Å². The molecule has 0 spiro atoms. The third kappa shape index (κ3) is 5.76. The summed E-state index contributed by atoms with van der Waals surface area (Å²) in [6, 6.07) is 15.6. The van der Waals surface area contributed by atoms with Gasteiger partial charge in [0.1, 0.15) is 17.0 Å². The molecule has 0 saturated carbocycles. The molecule has 0 bridgehead atoms. The van der Waals surface area contributed by atoms with Crippen molar-refractivity contribution in [1.29, 1.82) is 0 Å². The molecule has 0 radical (unpaired) electrons. The van der Waals surface area contributed by atoms with Gasteiger partial charge in [0.15, 0.2) is 0 Å². The highest BCUT2D eigenvalue weighted by Gasteiger charge is 2.31. The van der Waals surface area contributed by atoms with E-state index in [0.29, 0.717) is 45.2 Å². The lowest BCUT2D eigenvalue weighted by molar-refractivity contribution is -0.274. The molecule has 0 atom stereocenters. The number of benzene rings is 3. The predicted molar refractivity (Wildman–Crippen MR) is 138 cm³/mol. The number of aromatic amines is 1. The van der Waals surface area contributed by atoms with E-state index >= 15 is 0 Å². The van der Waals surface area contributed by atoms with Crippen LogP contribution in [0, 0.1) is 0 Å². The molecule has 3 aromatic carbocycles. The van der Waals surface area contributed by atoms with E-state index in [2.05, 4.69) is 30.7 Å². The number of nitrogens with zero attached hydrogens (tertiary/aromatic N) is 6. The van der Waals surface area contributed by atoms with Gasteiger partial charge in [-0.25, -0.2) is 10.1 Å². The van der Waals surface area contributed by atoms with E-state index < -0.39 is 12.3 Å². The van der Waals surface area contributed by atoms with Crippen LogP contribution in [-0.4, -0.2) is 49.1 Å². The van der Waals surface area contributed by atoms with Gasteiger partial charge >= 0.3 is 6.36 Å². The third-order valence-electron chi connectivity index (χ3n) is 5.84. The Balaban J connectivity index is 1.54. The van der Waals surface area contributed by atoms with Gasteiger partial charge in [-0.05, 0) is 58.5 Å². The van der Waals surface area contributed by atoms with Crippen LogP contribution in [-0.2, 0) is 13.6 Å². The fourth-order valence-electron chi connectivity index (χ4n) is 4.11. The fourth-order valence-corrected chi connectivity index (χ4v) is 4.32. The molecule has 2 N–H and O–H groups in total. The SMILES string of the molecule is COc1cc(Cl)cc2c1n(C)/c(=N\c1ccc(OC(F)(F)F)cc1)n2Cc1ccc(C(=O)Nc2nnn[nH]2)cc1. The number of halogens is 4. The van der Waals surface area contributed by atoms with Gasteiger partial charge in [-0.15, -0.1) is 13.2 Å². The Hall–Kier alpha value is -4.85. The first-order chi connectivity index (χ1) is 19.1. The number of nitrogens with one attached hydrogen (secondary N) is 2. The first kappa shape index (κ1) is 26.7. The number of ether oxygens (including phenoxy) is 2. The van der Waals surface area contributed by atoms with Crippen LogP contribution in [0.1, 0.15) is 15.9 Å². The maximum Gasteiger partial charge on any atom is 0.573 e. The van der Waals surface area contributed by atoms with Crippen molar-refractivity contribution < 1.29 is 27.4 Å².